The Bertz CT molecular complexity index is 856. The number of rotatable bonds is 5. The van der Waals surface area contributed by atoms with Crippen LogP contribution in [0.2, 0.25) is 0 Å². The SMILES string of the molecule is Cc1cc(C(=O)N2C[C@@H](COCC(C)C)[C@@H]3COc4ccccc4[C@@H]32)c(C)o1. The first-order chi connectivity index (χ1) is 13.5. The van der Waals surface area contributed by atoms with Crippen molar-refractivity contribution in [1.29, 1.82) is 0 Å². The molecule has 0 bridgehead atoms. The third kappa shape index (κ3) is 3.44. The fourth-order valence-electron chi connectivity index (χ4n) is 4.50. The summed E-state index contributed by atoms with van der Waals surface area (Å²) in [5.74, 6) is 3.35. The molecule has 0 aliphatic carbocycles. The Morgan fingerprint density at radius 1 is 1.29 bits per heavy atom. The summed E-state index contributed by atoms with van der Waals surface area (Å²) < 4.78 is 17.6. The number of benzene rings is 1. The lowest BCUT2D eigenvalue weighted by Gasteiger charge is -2.34. The number of nitrogens with zero attached hydrogens (tertiary/aromatic N) is 1. The lowest BCUT2D eigenvalue weighted by atomic mass is 9.85. The summed E-state index contributed by atoms with van der Waals surface area (Å²) in [6.45, 7) is 10.7. The summed E-state index contributed by atoms with van der Waals surface area (Å²) in [5, 5.41) is 0. The van der Waals surface area contributed by atoms with Crippen molar-refractivity contribution in [3.63, 3.8) is 0 Å². The maximum atomic E-state index is 13.5. The monoisotopic (exact) mass is 383 g/mol. The van der Waals surface area contributed by atoms with E-state index < -0.39 is 0 Å². The Kier molecular flexibility index (Phi) is 5.19. The quantitative estimate of drug-likeness (QED) is 0.768. The number of hydrogen-bond acceptors (Lipinski definition) is 4. The molecule has 1 fully saturated rings. The highest BCUT2D eigenvalue weighted by Gasteiger charge is 2.48. The standard InChI is InChI=1S/C23H29NO4/c1-14(2)11-26-12-17-10-24(23(25)19-9-15(3)28-16(19)4)22-18-7-5-6-8-21(18)27-13-20(17)22/h5-9,14,17,20,22H,10-13H2,1-4H3/t17-,20-,22-/m0/s1. The number of amides is 1. The van der Waals surface area contributed by atoms with Gasteiger partial charge in [0.25, 0.3) is 5.91 Å². The zero-order valence-corrected chi connectivity index (χ0v) is 17.1. The summed E-state index contributed by atoms with van der Waals surface area (Å²) in [5.41, 5.74) is 1.75. The van der Waals surface area contributed by atoms with Crippen LogP contribution in [0.5, 0.6) is 5.75 Å². The first-order valence-electron chi connectivity index (χ1n) is 10.1. The lowest BCUT2D eigenvalue weighted by Crippen LogP contribution is -2.35. The van der Waals surface area contributed by atoms with Gasteiger partial charge in [-0.25, -0.2) is 0 Å². The van der Waals surface area contributed by atoms with Crippen molar-refractivity contribution >= 4 is 5.91 Å². The molecule has 0 radical (unpaired) electrons. The summed E-state index contributed by atoms with van der Waals surface area (Å²) in [4.78, 5) is 15.5. The molecule has 1 saturated heterocycles. The molecule has 150 valence electrons. The van der Waals surface area contributed by atoms with Gasteiger partial charge in [-0.05, 0) is 31.9 Å². The summed E-state index contributed by atoms with van der Waals surface area (Å²) in [6, 6.07) is 9.93. The second-order valence-electron chi connectivity index (χ2n) is 8.43. The summed E-state index contributed by atoms with van der Waals surface area (Å²) in [6.07, 6.45) is 0. The van der Waals surface area contributed by atoms with Crippen molar-refractivity contribution in [3.8, 4) is 5.75 Å². The average molecular weight is 383 g/mol. The molecule has 28 heavy (non-hydrogen) atoms. The minimum atomic E-state index is 0.0136. The fourth-order valence-corrected chi connectivity index (χ4v) is 4.50. The Labute approximate surface area is 166 Å². The Morgan fingerprint density at radius 3 is 2.79 bits per heavy atom. The van der Waals surface area contributed by atoms with Gasteiger partial charge in [0.1, 0.15) is 17.3 Å². The summed E-state index contributed by atoms with van der Waals surface area (Å²) in [7, 11) is 0. The Morgan fingerprint density at radius 2 is 2.07 bits per heavy atom. The fraction of sp³-hybridized carbons (Fsp3) is 0.522. The van der Waals surface area contributed by atoms with Crippen LogP contribution in [0, 0.1) is 31.6 Å². The molecule has 3 heterocycles. The molecule has 0 N–H and O–H groups in total. The van der Waals surface area contributed by atoms with Gasteiger partial charge in [-0.2, -0.15) is 0 Å². The Hall–Kier alpha value is -2.27. The molecule has 2 aromatic rings. The van der Waals surface area contributed by atoms with Crippen LogP contribution in [0.15, 0.2) is 34.7 Å². The molecule has 1 amide bonds. The third-order valence-electron chi connectivity index (χ3n) is 5.76. The van der Waals surface area contributed by atoms with E-state index in [4.69, 9.17) is 13.9 Å². The topological polar surface area (TPSA) is 51.9 Å². The van der Waals surface area contributed by atoms with Gasteiger partial charge in [0.05, 0.1) is 24.8 Å². The zero-order valence-electron chi connectivity index (χ0n) is 17.1. The molecule has 1 aromatic heterocycles. The van der Waals surface area contributed by atoms with E-state index >= 15 is 0 Å². The van der Waals surface area contributed by atoms with Gasteiger partial charge in [-0.3, -0.25) is 4.79 Å². The Balaban J connectivity index is 1.65. The number of furan rings is 1. The van der Waals surface area contributed by atoms with E-state index in [2.05, 4.69) is 19.9 Å². The maximum absolute atomic E-state index is 13.5. The van der Waals surface area contributed by atoms with Gasteiger partial charge in [0.15, 0.2) is 0 Å². The van der Waals surface area contributed by atoms with Crippen molar-refractivity contribution in [2.45, 2.75) is 33.7 Å². The van der Waals surface area contributed by atoms with Crippen LogP contribution in [0.3, 0.4) is 0 Å². The predicted octanol–water partition coefficient (Wildman–Crippen LogP) is 4.39. The molecule has 2 aliphatic heterocycles. The van der Waals surface area contributed by atoms with Gasteiger partial charge in [-0.1, -0.05) is 32.0 Å². The first-order valence-corrected chi connectivity index (χ1v) is 10.1. The summed E-state index contributed by atoms with van der Waals surface area (Å²) >= 11 is 0. The van der Waals surface area contributed by atoms with Crippen molar-refractivity contribution in [3.05, 3.63) is 53.0 Å². The second-order valence-corrected chi connectivity index (χ2v) is 8.43. The number of fused-ring (bicyclic) bond motifs is 3. The van der Waals surface area contributed by atoms with Gasteiger partial charge in [-0.15, -0.1) is 0 Å². The third-order valence-corrected chi connectivity index (χ3v) is 5.76. The van der Waals surface area contributed by atoms with Crippen LogP contribution in [-0.4, -0.2) is 37.2 Å². The van der Waals surface area contributed by atoms with Crippen molar-refractivity contribution < 1.29 is 18.7 Å². The van der Waals surface area contributed by atoms with E-state index in [9.17, 15) is 4.79 Å². The number of hydrogen-bond donors (Lipinski definition) is 0. The highest BCUT2D eigenvalue weighted by Crippen LogP contribution is 2.48. The van der Waals surface area contributed by atoms with Crippen LogP contribution in [-0.2, 0) is 4.74 Å². The lowest BCUT2D eigenvalue weighted by molar-refractivity contribution is 0.0556. The number of para-hydroxylation sites is 1. The van der Waals surface area contributed by atoms with Crippen molar-refractivity contribution in [1.82, 2.24) is 4.90 Å². The van der Waals surface area contributed by atoms with Crippen LogP contribution in [0.25, 0.3) is 0 Å². The maximum Gasteiger partial charge on any atom is 0.257 e. The number of carbonyl (C=O) groups excluding carboxylic acids is 1. The molecule has 0 saturated carbocycles. The molecule has 4 rings (SSSR count). The second kappa shape index (κ2) is 7.63. The molecular weight excluding hydrogens is 354 g/mol. The van der Waals surface area contributed by atoms with Gasteiger partial charge in [0, 0.05) is 30.6 Å². The zero-order chi connectivity index (χ0) is 19.8. The van der Waals surface area contributed by atoms with Gasteiger partial charge >= 0.3 is 0 Å². The first kappa shape index (κ1) is 19.1. The van der Waals surface area contributed by atoms with Crippen molar-refractivity contribution in [2.75, 3.05) is 26.4 Å². The molecule has 0 unspecified atom stereocenters. The molecule has 5 heteroatoms. The molecular formula is C23H29NO4. The van der Waals surface area contributed by atoms with E-state index in [1.807, 2.05) is 43.0 Å². The molecule has 3 atom stereocenters. The molecule has 5 nitrogen and oxygen atoms in total. The molecule has 2 aliphatic rings. The van der Waals surface area contributed by atoms with Crippen LogP contribution >= 0.6 is 0 Å². The normalized spacial score (nSPS) is 23.5. The van der Waals surface area contributed by atoms with E-state index in [1.165, 1.54) is 0 Å². The minimum Gasteiger partial charge on any atom is -0.493 e. The minimum absolute atomic E-state index is 0.0136. The van der Waals surface area contributed by atoms with E-state index in [0.29, 0.717) is 37.0 Å². The number of likely N-dealkylation sites (tertiary alicyclic amines) is 1. The highest BCUT2D eigenvalue weighted by molar-refractivity contribution is 5.96. The van der Waals surface area contributed by atoms with Crippen LogP contribution in [0.4, 0.5) is 0 Å². The highest BCUT2D eigenvalue weighted by atomic mass is 16.5. The number of ether oxygens (including phenoxy) is 2. The average Bonchev–Trinajstić information content (AvgIpc) is 3.21. The van der Waals surface area contributed by atoms with Crippen LogP contribution in [0.1, 0.15) is 47.3 Å². The van der Waals surface area contributed by atoms with E-state index in [1.54, 1.807) is 0 Å². The van der Waals surface area contributed by atoms with E-state index in [-0.39, 0.29) is 23.8 Å². The largest absolute Gasteiger partial charge is 0.493 e. The van der Waals surface area contributed by atoms with Crippen molar-refractivity contribution in [2.24, 2.45) is 17.8 Å². The smallest absolute Gasteiger partial charge is 0.257 e. The number of aryl methyl sites for hydroxylation is 2. The van der Waals surface area contributed by atoms with E-state index in [0.717, 1.165) is 23.7 Å². The molecule has 0 spiro atoms. The van der Waals surface area contributed by atoms with Crippen LogP contribution < -0.4 is 4.74 Å². The molecule has 1 aromatic carbocycles. The van der Waals surface area contributed by atoms with Gasteiger partial charge in [0.2, 0.25) is 0 Å². The number of carbonyl (C=O) groups is 1. The van der Waals surface area contributed by atoms with Gasteiger partial charge < -0.3 is 18.8 Å². The predicted molar refractivity (Wildman–Crippen MR) is 107 cm³/mol.